The molecule has 4 nitrogen and oxygen atoms in total. The summed E-state index contributed by atoms with van der Waals surface area (Å²) < 4.78 is 5.84. The van der Waals surface area contributed by atoms with Gasteiger partial charge in [0.2, 0.25) is 5.89 Å². The molecule has 0 atom stereocenters. The number of rotatable bonds is 3. The maximum absolute atomic E-state index is 12.8. The number of aromatic nitrogens is 1. The van der Waals surface area contributed by atoms with E-state index in [1.54, 1.807) is 24.3 Å². The van der Waals surface area contributed by atoms with Gasteiger partial charge in [-0.1, -0.05) is 36.7 Å². The molecule has 2 heterocycles. The fourth-order valence-corrected chi connectivity index (χ4v) is 4.65. The molecular weight excluding hydrogens is 406 g/mol. The summed E-state index contributed by atoms with van der Waals surface area (Å²) in [4.78, 5) is 31.6. The van der Waals surface area contributed by atoms with Crippen LogP contribution in [-0.2, 0) is 6.42 Å². The Morgan fingerprint density at radius 3 is 2.48 bits per heavy atom. The Morgan fingerprint density at radius 2 is 1.79 bits per heavy atom. The number of benzene rings is 2. The molecule has 2 aromatic heterocycles. The zero-order valence-electron chi connectivity index (χ0n) is 15.4. The summed E-state index contributed by atoms with van der Waals surface area (Å²) in [6.07, 6.45) is 2.32. The Morgan fingerprint density at radius 1 is 1.07 bits per heavy atom. The highest BCUT2D eigenvalue weighted by Crippen LogP contribution is 2.35. The van der Waals surface area contributed by atoms with E-state index in [1.165, 1.54) is 11.3 Å². The van der Waals surface area contributed by atoms with Crippen LogP contribution in [0, 0.1) is 0 Å². The molecule has 4 aromatic rings. The van der Waals surface area contributed by atoms with Gasteiger partial charge in [0, 0.05) is 32.7 Å². The summed E-state index contributed by atoms with van der Waals surface area (Å²) in [6, 6.07) is 14.8. The van der Waals surface area contributed by atoms with Crippen LogP contribution in [0.1, 0.15) is 38.1 Å². The van der Waals surface area contributed by atoms with Gasteiger partial charge in [0.1, 0.15) is 0 Å². The molecule has 6 heteroatoms. The number of carbonyl (C=O) groups excluding carboxylic acids is 2. The lowest BCUT2D eigenvalue weighted by atomic mass is 10.0. The SMILES string of the molecule is CCc1cc2c(cc1Cl)C(=O)/C(=C\c1cc3oc(-c4ccccc4)nc3s1)C2=O. The Bertz CT molecular complexity index is 1300. The van der Waals surface area contributed by atoms with Crippen molar-refractivity contribution >= 4 is 51.0 Å². The molecular formula is C23H14ClNO3S. The van der Waals surface area contributed by atoms with E-state index in [2.05, 4.69) is 4.98 Å². The van der Waals surface area contributed by atoms with Gasteiger partial charge in [0.15, 0.2) is 22.0 Å². The lowest BCUT2D eigenvalue weighted by molar-refractivity contribution is 0.0990. The van der Waals surface area contributed by atoms with Crippen LogP contribution < -0.4 is 0 Å². The minimum absolute atomic E-state index is 0.150. The molecule has 0 amide bonds. The molecule has 0 radical (unpaired) electrons. The van der Waals surface area contributed by atoms with Crippen molar-refractivity contribution in [1.29, 1.82) is 0 Å². The monoisotopic (exact) mass is 419 g/mol. The van der Waals surface area contributed by atoms with Crippen LogP contribution in [0.5, 0.6) is 0 Å². The van der Waals surface area contributed by atoms with E-state index in [0.717, 1.165) is 20.8 Å². The van der Waals surface area contributed by atoms with Crippen molar-refractivity contribution in [2.45, 2.75) is 13.3 Å². The fourth-order valence-electron chi connectivity index (χ4n) is 3.46. The summed E-state index contributed by atoms with van der Waals surface area (Å²) in [5.74, 6) is -0.00922. The van der Waals surface area contributed by atoms with Gasteiger partial charge >= 0.3 is 0 Å². The predicted molar refractivity (Wildman–Crippen MR) is 115 cm³/mol. The normalized spacial score (nSPS) is 14.9. The van der Waals surface area contributed by atoms with Gasteiger partial charge in [-0.05, 0) is 42.3 Å². The minimum Gasteiger partial charge on any atom is -0.435 e. The Hall–Kier alpha value is -3.02. The standard InChI is InChI=1S/C23H14ClNO3S/c1-2-12-8-15-16(11-18(12)24)21(27)17(20(15)26)9-14-10-19-23(29-14)25-22(28-19)13-6-4-3-5-7-13/h3-11H,2H2,1H3/b17-9-. The van der Waals surface area contributed by atoms with Gasteiger partial charge in [0.25, 0.3) is 0 Å². The number of aryl methyl sites for hydroxylation is 1. The predicted octanol–water partition coefficient (Wildman–Crippen LogP) is 6.23. The van der Waals surface area contributed by atoms with E-state index in [0.29, 0.717) is 34.0 Å². The summed E-state index contributed by atoms with van der Waals surface area (Å²) in [5, 5.41) is 0.514. The number of fused-ring (bicyclic) bond motifs is 2. The second kappa shape index (κ2) is 6.79. The Labute approximate surface area is 175 Å². The van der Waals surface area contributed by atoms with Crippen molar-refractivity contribution < 1.29 is 14.0 Å². The second-order valence-electron chi connectivity index (χ2n) is 6.76. The van der Waals surface area contributed by atoms with E-state index in [9.17, 15) is 9.59 Å². The average Bonchev–Trinajstić information content (AvgIpc) is 3.36. The number of Topliss-reactive ketones (excluding diaryl/α,β-unsaturated/α-hetero) is 2. The van der Waals surface area contributed by atoms with E-state index in [1.807, 2.05) is 37.3 Å². The molecule has 0 fully saturated rings. The molecule has 0 spiro atoms. The van der Waals surface area contributed by atoms with Gasteiger partial charge in [-0.3, -0.25) is 9.59 Å². The third-order valence-corrected chi connectivity index (χ3v) is 6.27. The number of carbonyl (C=O) groups is 2. The number of hydrogen-bond donors (Lipinski definition) is 0. The number of ketones is 2. The molecule has 0 N–H and O–H groups in total. The summed E-state index contributed by atoms with van der Waals surface area (Å²) >= 11 is 7.61. The zero-order chi connectivity index (χ0) is 20.1. The van der Waals surface area contributed by atoms with E-state index in [4.69, 9.17) is 16.0 Å². The molecule has 0 saturated heterocycles. The second-order valence-corrected chi connectivity index (χ2v) is 8.23. The van der Waals surface area contributed by atoms with Gasteiger partial charge in [-0.2, -0.15) is 4.98 Å². The van der Waals surface area contributed by atoms with Crippen molar-refractivity contribution in [1.82, 2.24) is 4.98 Å². The molecule has 0 aliphatic heterocycles. The largest absolute Gasteiger partial charge is 0.435 e. The number of oxazole rings is 1. The Balaban J connectivity index is 1.52. The molecule has 142 valence electrons. The smallest absolute Gasteiger partial charge is 0.228 e. The highest BCUT2D eigenvalue weighted by molar-refractivity contribution is 7.19. The van der Waals surface area contributed by atoms with Crippen molar-refractivity contribution in [3.8, 4) is 11.5 Å². The maximum atomic E-state index is 12.8. The molecule has 29 heavy (non-hydrogen) atoms. The van der Waals surface area contributed by atoms with Crippen molar-refractivity contribution in [3.05, 3.63) is 80.7 Å². The first-order chi connectivity index (χ1) is 14.0. The van der Waals surface area contributed by atoms with Gasteiger partial charge in [0.05, 0.1) is 5.57 Å². The Kier molecular flexibility index (Phi) is 4.23. The molecule has 1 aliphatic rings. The summed E-state index contributed by atoms with van der Waals surface area (Å²) in [6.45, 7) is 1.96. The van der Waals surface area contributed by atoms with E-state index < -0.39 is 0 Å². The average molecular weight is 420 g/mol. The lowest BCUT2D eigenvalue weighted by Crippen LogP contribution is -1.99. The highest BCUT2D eigenvalue weighted by atomic mass is 35.5. The van der Waals surface area contributed by atoms with Gasteiger partial charge < -0.3 is 4.42 Å². The fraction of sp³-hybridized carbons (Fsp3) is 0.0870. The molecule has 0 bridgehead atoms. The van der Waals surface area contributed by atoms with Crippen LogP contribution in [0.4, 0.5) is 0 Å². The topological polar surface area (TPSA) is 60.2 Å². The third-order valence-electron chi connectivity index (χ3n) is 4.96. The van der Waals surface area contributed by atoms with Gasteiger partial charge in [-0.15, -0.1) is 11.3 Å². The first kappa shape index (κ1) is 18.0. The van der Waals surface area contributed by atoms with Gasteiger partial charge in [-0.25, -0.2) is 0 Å². The van der Waals surface area contributed by atoms with E-state index >= 15 is 0 Å². The number of halogens is 1. The molecule has 5 rings (SSSR count). The minimum atomic E-state index is -0.294. The van der Waals surface area contributed by atoms with Crippen molar-refractivity contribution in [2.75, 3.05) is 0 Å². The number of hydrogen-bond acceptors (Lipinski definition) is 5. The number of allylic oxidation sites excluding steroid dienone is 1. The zero-order valence-corrected chi connectivity index (χ0v) is 16.9. The highest BCUT2D eigenvalue weighted by Gasteiger charge is 2.34. The summed E-state index contributed by atoms with van der Waals surface area (Å²) in [7, 11) is 0. The quantitative estimate of drug-likeness (QED) is 0.291. The molecule has 1 aliphatic carbocycles. The first-order valence-corrected chi connectivity index (χ1v) is 10.3. The molecule has 2 aromatic carbocycles. The van der Waals surface area contributed by atoms with Crippen LogP contribution in [0.2, 0.25) is 5.02 Å². The van der Waals surface area contributed by atoms with E-state index in [-0.39, 0.29) is 17.1 Å². The molecule has 0 saturated carbocycles. The number of thiophene rings is 1. The number of nitrogens with zero attached hydrogens (tertiary/aromatic N) is 1. The van der Waals surface area contributed by atoms with Crippen LogP contribution in [0.15, 0.2) is 58.5 Å². The van der Waals surface area contributed by atoms with Crippen molar-refractivity contribution in [2.24, 2.45) is 0 Å². The summed E-state index contributed by atoms with van der Waals surface area (Å²) in [5.41, 5.74) is 3.33. The van der Waals surface area contributed by atoms with Crippen LogP contribution in [0.3, 0.4) is 0 Å². The van der Waals surface area contributed by atoms with Crippen LogP contribution in [-0.4, -0.2) is 16.6 Å². The lowest BCUT2D eigenvalue weighted by Gasteiger charge is -2.03. The maximum Gasteiger partial charge on any atom is 0.228 e. The van der Waals surface area contributed by atoms with Crippen LogP contribution >= 0.6 is 22.9 Å². The molecule has 0 unspecified atom stereocenters. The van der Waals surface area contributed by atoms with Crippen LogP contribution in [0.25, 0.3) is 27.9 Å². The first-order valence-electron chi connectivity index (χ1n) is 9.14. The van der Waals surface area contributed by atoms with Crippen molar-refractivity contribution in [3.63, 3.8) is 0 Å². The third kappa shape index (κ3) is 2.94.